The van der Waals surface area contributed by atoms with E-state index in [-0.39, 0.29) is 11.9 Å². The summed E-state index contributed by atoms with van der Waals surface area (Å²) < 4.78 is 18.6. The van der Waals surface area contributed by atoms with Crippen molar-refractivity contribution in [2.45, 2.75) is 20.0 Å². The Kier molecular flexibility index (Phi) is 6.12. The molecular formula is C14H22FN3O. The molecule has 106 valence electrons. The molecular weight excluding hydrogens is 245 g/mol. The van der Waals surface area contributed by atoms with Gasteiger partial charge in [0, 0.05) is 26.7 Å². The summed E-state index contributed by atoms with van der Waals surface area (Å²) in [5.41, 5.74) is 0. The fourth-order valence-corrected chi connectivity index (χ4v) is 1.54. The van der Waals surface area contributed by atoms with Gasteiger partial charge in [-0.05, 0) is 26.0 Å². The van der Waals surface area contributed by atoms with Crippen molar-refractivity contribution >= 4 is 5.96 Å². The number of hydrogen-bond donors (Lipinski definition) is 1. The Labute approximate surface area is 114 Å². The summed E-state index contributed by atoms with van der Waals surface area (Å²) >= 11 is 0. The van der Waals surface area contributed by atoms with Gasteiger partial charge in [-0.2, -0.15) is 0 Å². The maximum Gasteiger partial charge on any atom is 0.193 e. The summed E-state index contributed by atoms with van der Waals surface area (Å²) in [4.78, 5) is 6.36. The number of benzene rings is 1. The van der Waals surface area contributed by atoms with E-state index in [9.17, 15) is 4.39 Å². The SMILES string of the molecule is CCNC(=NCC(C)Oc1cccc(F)c1)N(C)C. The number of hydrogen-bond acceptors (Lipinski definition) is 2. The van der Waals surface area contributed by atoms with Crippen LogP contribution in [0, 0.1) is 5.82 Å². The molecule has 0 aromatic heterocycles. The van der Waals surface area contributed by atoms with E-state index in [0.29, 0.717) is 12.3 Å². The fourth-order valence-electron chi connectivity index (χ4n) is 1.54. The second kappa shape index (κ2) is 7.61. The molecule has 0 aliphatic rings. The van der Waals surface area contributed by atoms with Gasteiger partial charge >= 0.3 is 0 Å². The highest BCUT2D eigenvalue weighted by Crippen LogP contribution is 2.13. The van der Waals surface area contributed by atoms with Gasteiger partial charge in [-0.1, -0.05) is 6.07 Å². The van der Waals surface area contributed by atoms with Gasteiger partial charge in [0.25, 0.3) is 0 Å². The van der Waals surface area contributed by atoms with Gasteiger partial charge in [0.2, 0.25) is 0 Å². The smallest absolute Gasteiger partial charge is 0.193 e. The second-order valence-electron chi connectivity index (χ2n) is 4.47. The summed E-state index contributed by atoms with van der Waals surface area (Å²) in [6, 6.07) is 6.13. The van der Waals surface area contributed by atoms with Gasteiger partial charge in [0.15, 0.2) is 5.96 Å². The van der Waals surface area contributed by atoms with Crippen molar-refractivity contribution in [1.82, 2.24) is 10.2 Å². The molecule has 0 aliphatic carbocycles. The van der Waals surface area contributed by atoms with Crippen LogP contribution in [-0.2, 0) is 0 Å². The molecule has 1 rings (SSSR count). The van der Waals surface area contributed by atoms with E-state index in [0.717, 1.165) is 12.5 Å². The molecule has 0 aliphatic heterocycles. The van der Waals surface area contributed by atoms with Crippen molar-refractivity contribution in [3.8, 4) is 5.75 Å². The van der Waals surface area contributed by atoms with Crippen LogP contribution in [0.15, 0.2) is 29.3 Å². The number of nitrogens with zero attached hydrogens (tertiary/aromatic N) is 2. The van der Waals surface area contributed by atoms with Crippen molar-refractivity contribution in [1.29, 1.82) is 0 Å². The molecule has 0 fully saturated rings. The van der Waals surface area contributed by atoms with Gasteiger partial charge < -0.3 is 15.0 Å². The molecule has 1 N–H and O–H groups in total. The van der Waals surface area contributed by atoms with Crippen LogP contribution in [0.25, 0.3) is 0 Å². The monoisotopic (exact) mass is 267 g/mol. The molecule has 0 bridgehead atoms. The first-order chi connectivity index (χ1) is 9.02. The summed E-state index contributed by atoms with van der Waals surface area (Å²) in [5, 5.41) is 3.17. The quantitative estimate of drug-likeness (QED) is 0.656. The van der Waals surface area contributed by atoms with Gasteiger partial charge in [0.05, 0.1) is 6.54 Å². The third kappa shape index (κ3) is 5.59. The minimum atomic E-state index is -0.296. The van der Waals surface area contributed by atoms with Crippen LogP contribution >= 0.6 is 0 Å². The summed E-state index contributed by atoms with van der Waals surface area (Å²) in [6.45, 7) is 5.26. The van der Waals surface area contributed by atoms with Crippen molar-refractivity contribution < 1.29 is 9.13 Å². The molecule has 1 aromatic carbocycles. The summed E-state index contributed by atoms with van der Waals surface area (Å²) in [7, 11) is 3.86. The number of halogens is 1. The average Bonchev–Trinajstić information content (AvgIpc) is 2.34. The molecule has 0 saturated carbocycles. The zero-order valence-corrected chi connectivity index (χ0v) is 12.0. The Morgan fingerprint density at radius 3 is 2.79 bits per heavy atom. The predicted molar refractivity (Wildman–Crippen MR) is 76.2 cm³/mol. The van der Waals surface area contributed by atoms with E-state index < -0.39 is 0 Å². The number of guanidine groups is 1. The standard InChI is InChI=1S/C14H22FN3O/c1-5-16-14(18(3)4)17-10-11(2)19-13-8-6-7-12(15)9-13/h6-9,11H,5,10H2,1-4H3,(H,16,17). The van der Waals surface area contributed by atoms with Crippen LogP contribution in [0.4, 0.5) is 4.39 Å². The van der Waals surface area contributed by atoms with E-state index in [4.69, 9.17) is 4.74 Å². The minimum absolute atomic E-state index is 0.115. The van der Waals surface area contributed by atoms with Crippen LogP contribution in [0.2, 0.25) is 0 Å². The van der Waals surface area contributed by atoms with Crippen LogP contribution in [-0.4, -0.2) is 44.1 Å². The first-order valence-electron chi connectivity index (χ1n) is 6.40. The number of ether oxygens (including phenoxy) is 1. The highest BCUT2D eigenvalue weighted by atomic mass is 19.1. The molecule has 1 unspecified atom stereocenters. The normalized spacial score (nSPS) is 13.0. The highest BCUT2D eigenvalue weighted by molar-refractivity contribution is 5.79. The number of aliphatic imine (C=N–C) groups is 1. The van der Waals surface area contributed by atoms with E-state index in [1.54, 1.807) is 12.1 Å². The predicted octanol–water partition coefficient (Wildman–Crippen LogP) is 2.12. The molecule has 1 aromatic rings. The van der Waals surface area contributed by atoms with Crippen molar-refractivity contribution in [2.24, 2.45) is 4.99 Å². The van der Waals surface area contributed by atoms with Gasteiger partial charge in [-0.3, -0.25) is 0 Å². The molecule has 19 heavy (non-hydrogen) atoms. The topological polar surface area (TPSA) is 36.9 Å². The Morgan fingerprint density at radius 1 is 1.47 bits per heavy atom. The Balaban J connectivity index is 2.54. The lowest BCUT2D eigenvalue weighted by Gasteiger charge is -2.18. The summed E-state index contributed by atoms with van der Waals surface area (Å²) in [6.07, 6.45) is -0.115. The molecule has 0 amide bonds. The molecule has 1 atom stereocenters. The summed E-state index contributed by atoms with van der Waals surface area (Å²) in [5.74, 6) is 1.05. The Bertz CT molecular complexity index is 421. The van der Waals surface area contributed by atoms with E-state index in [2.05, 4.69) is 10.3 Å². The van der Waals surface area contributed by atoms with Crippen LogP contribution in [0.5, 0.6) is 5.75 Å². The third-order valence-corrected chi connectivity index (χ3v) is 2.39. The van der Waals surface area contributed by atoms with Gasteiger partial charge in [0.1, 0.15) is 17.7 Å². The molecule has 0 spiro atoms. The molecule has 0 radical (unpaired) electrons. The first kappa shape index (κ1) is 15.3. The minimum Gasteiger partial charge on any atom is -0.489 e. The van der Waals surface area contributed by atoms with E-state index >= 15 is 0 Å². The average molecular weight is 267 g/mol. The maximum atomic E-state index is 13.0. The van der Waals surface area contributed by atoms with Crippen molar-refractivity contribution in [3.05, 3.63) is 30.1 Å². The van der Waals surface area contributed by atoms with Crippen molar-refractivity contribution in [2.75, 3.05) is 27.2 Å². The lowest BCUT2D eigenvalue weighted by molar-refractivity contribution is 0.229. The zero-order chi connectivity index (χ0) is 14.3. The number of rotatable bonds is 5. The lowest BCUT2D eigenvalue weighted by atomic mass is 10.3. The molecule has 5 heteroatoms. The van der Waals surface area contributed by atoms with E-state index in [1.165, 1.54) is 12.1 Å². The van der Waals surface area contributed by atoms with Gasteiger partial charge in [-0.25, -0.2) is 9.38 Å². The third-order valence-electron chi connectivity index (χ3n) is 2.39. The zero-order valence-electron chi connectivity index (χ0n) is 12.0. The van der Waals surface area contributed by atoms with Crippen LogP contribution in [0.3, 0.4) is 0 Å². The number of nitrogens with one attached hydrogen (secondary N) is 1. The molecule has 4 nitrogen and oxygen atoms in total. The molecule has 0 heterocycles. The first-order valence-corrected chi connectivity index (χ1v) is 6.40. The van der Waals surface area contributed by atoms with Crippen molar-refractivity contribution in [3.63, 3.8) is 0 Å². The fraction of sp³-hybridized carbons (Fsp3) is 0.500. The van der Waals surface area contributed by atoms with Crippen LogP contribution in [0.1, 0.15) is 13.8 Å². The lowest BCUT2D eigenvalue weighted by Crippen LogP contribution is -2.37. The molecule has 0 saturated heterocycles. The second-order valence-corrected chi connectivity index (χ2v) is 4.47. The Hall–Kier alpha value is -1.78. The van der Waals surface area contributed by atoms with Crippen LogP contribution < -0.4 is 10.1 Å². The maximum absolute atomic E-state index is 13.0. The van der Waals surface area contributed by atoms with E-state index in [1.807, 2.05) is 32.8 Å². The highest BCUT2D eigenvalue weighted by Gasteiger charge is 2.06. The Morgan fingerprint density at radius 2 is 2.21 bits per heavy atom. The largest absolute Gasteiger partial charge is 0.489 e. The van der Waals surface area contributed by atoms with Gasteiger partial charge in [-0.15, -0.1) is 0 Å².